The number of aliphatic hydroxyl groups is 4. The molecule has 0 aromatic rings. The fraction of sp³-hybridized carbons (Fsp3) is 0.970. The molecule has 1 saturated heterocycles. The lowest BCUT2D eigenvalue weighted by Crippen LogP contribution is -2.64. The molecule has 4 N–H and O–H groups in total. The second-order valence-electron chi connectivity index (χ2n) is 12.3. The molecule has 0 aliphatic carbocycles. The van der Waals surface area contributed by atoms with Crippen LogP contribution in [0.15, 0.2) is 0 Å². The minimum absolute atomic E-state index is 0.281. The molecule has 1 aliphatic rings. The molecule has 1 heterocycles. The van der Waals surface area contributed by atoms with Crippen molar-refractivity contribution < 1.29 is 34.7 Å². The summed E-state index contributed by atoms with van der Waals surface area (Å²) in [7, 11) is 0. The number of hydrogen-bond acceptors (Lipinski definition) is 7. The van der Waals surface area contributed by atoms with Gasteiger partial charge in [0.15, 0.2) is 6.23 Å². The summed E-state index contributed by atoms with van der Waals surface area (Å²) in [5, 5.41) is 40.8. The van der Waals surface area contributed by atoms with Gasteiger partial charge in [-0.3, -0.25) is 4.90 Å². The van der Waals surface area contributed by atoms with Crippen LogP contribution in [0, 0.1) is 0 Å². The molecule has 8 heteroatoms. The van der Waals surface area contributed by atoms with Crippen LogP contribution in [0.2, 0.25) is 0 Å². The van der Waals surface area contributed by atoms with Crippen LogP contribution in [0.1, 0.15) is 156 Å². The van der Waals surface area contributed by atoms with Crippen LogP contribution in [0.3, 0.4) is 0 Å². The minimum atomic E-state index is -1.53. The Morgan fingerprint density at radius 1 is 0.683 bits per heavy atom. The van der Waals surface area contributed by atoms with E-state index in [9.17, 15) is 25.2 Å². The lowest BCUT2D eigenvalue weighted by molar-refractivity contribution is -0.259. The second kappa shape index (κ2) is 24.5. The molecule has 41 heavy (non-hydrogen) atoms. The summed E-state index contributed by atoms with van der Waals surface area (Å²) in [6, 6.07) is 0. The largest absolute Gasteiger partial charge is 0.446 e. The van der Waals surface area contributed by atoms with E-state index in [1.807, 2.05) is 6.92 Å². The molecule has 8 nitrogen and oxygen atoms in total. The summed E-state index contributed by atoms with van der Waals surface area (Å²) < 4.78 is 11.5. The lowest BCUT2D eigenvalue weighted by atomic mass is 9.97. The number of unbranched alkanes of at least 4 members (excludes halogenated alkanes) is 18. The zero-order valence-corrected chi connectivity index (χ0v) is 26.7. The van der Waals surface area contributed by atoms with Crippen molar-refractivity contribution in [1.29, 1.82) is 0 Å². The van der Waals surface area contributed by atoms with Gasteiger partial charge < -0.3 is 29.9 Å². The van der Waals surface area contributed by atoms with E-state index >= 15 is 0 Å². The van der Waals surface area contributed by atoms with Gasteiger partial charge in [0.1, 0.15) is 30.5 Å². The van der Waals surface area contributed by atoms with Crippen molar-refractivity contribution in [2.24, 2.45) is 0 Å². The monoisotopic (exact) mass is 587 g/mol. The molecule has 1 amide bonds. The van der Waals surface area contributed by atoms with E-state index in [0.29, 0.717) is 13.0 Å². The molecule has 0 saturated carbocycles. The van der Waals surface area contributed by atoms with Crippen LogP contribution in [0.25, 0.3) is 0 Å². The first kappa shape index (κ1) is 38.1. The Morgan fingerprint density at radius 2 is 1.12 bits per heavy atom. The highest BCUT2D eigenvalue weighted by Gasteiger charge is 2.47. The Hall–Kier alpha value is -0.930. The van der Waals surface area contributed by atoms with Crippen LogP contribution in [0.5, 0.6) is 0 Å². The van der Waals surface area contributed by atoms with Crippen LogP contribution in [-0.2, 0) is 9.47 Å². The van der Waals surface area contributed by atoms with Gasteiger partial charge in [-0.15, -0.1) is 0 Å². The van der Waals surface area contributed by atoms with E-state index in [4.69, 9.17) is 9.47 Å². The summed E-state index contributed by atoms with van der Waals surface area (Å²) in [5.74, 6) is 0. The van der Waals surface area contributed by atoms with Crippen LogP contribution in [0.4, 0.5) is 4.79 Å². The number of hydrogen-bond donors (Lipinski definition) is 4. The maximum Gasteiger partial charge on any atom is 0.412 e. The average Bonchev–Trinajstić information content (AvgIpc) is 2.96. The van der Waals surface area contributed by atoms with Gasteiger partial charge in [0, 0.05) is 6.54 Å². The van der Waals surface area contributed by atoms with Gasteiger partial charge >= 0.3 is 6.09 Å². The van der Waals surface area contributed by atoms with E-state index in [0.717, 1.165) is 38.5 Å². The molecule has 1 aliphatic heterocycles. The maximum absolute atomic E-state index is 13.3. The van der Waals surface area contributed by atoms with Crippen molar-refractivity contribution in [2.75, 3.05) is 13.2 Å². The summed E-state index contributed by atoms with van der Waals surface area (Å²) in [6.07, 6.45) is 17.1. The van der Waals surface area contributed by atoms with Crippen molar-refractivity contribution in [3.8, 4) is 0 Å². The average molecular weight is 588 g/mol. The molecular weight excluding hydrogens is 522 g/mol. The van der Waals surface area contributed by atoms with Crippen molar-refractivity contribution in [3.05, 3.63) is 0 Å². The number of rotatable bonds is 25. The molecule has 0 aromatic heterocycles. The topological polar surface area (TPSA) is 120 Å². The highest BCUT2D eigenvalue weighted by atomic mass is 16.6. The molecule has 0 radical (unpaired) electrons. The highest BCUT2D eigenvalue weighted by molar-refractivity contribution is 5.68. The Morgan fingerprint density at radius 3 is 1.59 bits per heavy atom. The van der Waals surface area contributed by atoms with Crippen LogP contribution < -0.4 is 0 Å². The van der Waals surface area contributed by atoms with E-state index in [-0.39, 0.29) is 6.10 Å². The van der Waals surface area contributed by atoms with E-state index in [2.05, 4.69) is 13.8 Å². The summed E-state index contributed by atoms with van der Waals surface area (Å²) >= 11 is 0. The second-order valence-corrected chi connectivity index (χ2v) is 12.3. The van der Waals surface area contributed by atoms with Gasteiger partial charge in [-0.1, -0.05) is 129 Å². The molecular formula is C33H65NO7. The fourth-order valence-corrected chi connectivity index (χ4v) is 5.65. The molecule has 2 unspecified atom stereocenters. The van der Waals surface area contributed by atoms with Gasteiger partial charge in [-0.25, -0.2) is 4.79 Å². The predicted molar refractivity (Wildman–Crippen MR) is 165 cm³/mol. The first-order chi connectivity index (χ1) is 19.9. The standard InChI is InChI=1S/C33H65NO7/c1-4-6-8-10-12-14-16-18-20-22-24-27(3)40-33(39)34(25-23-21-19-17-15-13-11-9-7-5-2)32-31(38)30(37)29(36)28(26-35)41-32/h27-32,35-38H,4-26H2,1-3H3/t27?,28-,29-,30+,31-,32?/m1/s1. The molecule has 1 fully saturated rings. The third kappa shape index (κ3) is 16.5. The Labute approximate surface area is 251 Å². The maximum atomic E-state index is 13.3. The van der Waals surface area contributed by atoms with E-state index < -0.39 is 43.3 Å². The number of amides is 1. The normalized spacial score (nSPS) is 23.4. The number of carbonyl (C=O) groups excluding carboxylic acids is 1. The van der Waals surface area contributed by atoms with Gasteiger partial charge in [0.05, 0.1) is 6.61 Å². The molecule has 0 aromatic carbocycles. The number of nitrogens with zero attached hydrogens (tertiary/aromatic N) is 1. The summed E-state index contributed by atoms with van der Waals surface area (Å²) in [6.45, 7) is 6.13. The smallest absolute Gasteiger partial charge is 0.412 e. The molecule has 0 spiro atoms. The Kier molecular flexibility index (Phi) is 22.8. The number of aliphatic hydroxyl groups excluding tert-OH is 4. The molecule has 1 rings (SSSR count). The zero-order chi connectivity index (χ0) is 30.3. The van der Waals surface area contributed by atoms with E-state index in [1.54, 1.807) is 0 Å². The summed E-state index contributed by atoms with van der Waals surface area (Å²) in [4.78, 5) is 14.6. The first-order valence-electron chi connectivity index (χ1n) is 17.1. The zero-order valence-electron chi connectivity index (χ0n) is 26.7. The minimum Gasteiger partial charge on any atom is -0.446 e. The number of carbonyl (C=O) groups is 1. The fourth-order valence-electron chi connectivity index (χ4n) is 5.65. The quantitative estimate of drug-likeness (QED) is 0.0863. The van der Waals surface area contributed by atoms with Gasteiger partial charge in [-0.05, 0) is 26.2 Å². The van der Waals surface area contributed by atoms with E-state index in [1.165, 1.54) is 94.8 Å². The van der Waals surface area contributed by atoms with Crippen molar-refractivity contribution in [2.45, 2.75) is 192 Å². The summed E-state index contributed by atoms with van der Waals surface area (Å²) in [5.41, 5.74) is 0. The Bertz CT molecular complexity index is 620. The number of ether oxygens (including phenoxy) is 2. The van der Waals surface area contributed by atoms with Gasteiger partial charge in [-0.2, -0.15) is 0 Å². The predicted octanol–water partition coefficient (Wildman–Crippen LogP) is 6.85. The van der Waals surface area contributed by atoms with Gasteiger partial charge in [0.25, 0.3) is 0 Å². The highest BCUT2D eigenvalue weighted by Crippen LogP contribution is 2.25. The molecule has 0 bridgehead atoms. The van der Waals surface area contributed by atoms with Crippen molar-refractivity contribution >= 4 is 6.09 Å². The SMILES string of the molecule is CCCCCCCCCCCCC(C)OC(=O)N(CCCCCCCCCCCC)C1O[C@H](CO)[C@@H](O)[C@H](O)[C@H]1O. The Balaban J connectivity index is 2.50. The van der Waals surface area contributed by atoms with Gasteiger partial charge in [0.2, 0.25) is 0 Å². The third-order valence-corrected chi connectivity index (χ3v) is 8.43. The first-order valence-corrected chi connectivity index (χ1v) is 17.1. The van der Waals surface area contributed by atoms with Crippen LogP contribution >= 0.6 is 0 Å². The lowest BCUT2D eigenvalue weighted by Gasteiger charge is -2.44. The molecule has 244 valence electrons. The molecule has 6 atom stereocenters. The van der Waals surface area contributed by atoms with Crippen molar-refractivity contribution in [1.82, 2.24) is 4.90 Å². The van der Waals surface area contributed by atoms with Crippen LogP contribution in [-0.4, -0.2) is 81.3 Å². The third-order valence-electron chi connectivity index (χ3n) is 8.43. The van der Waals surface area contributed by atoms with Crippen molar-refractivity contribution in [3.63, 3.8) is 0 Å².